The molecule has 0 bridgehead atoms. The second kappa shape index (κ2) is 10.7. The summed E-state index contributed by atoms with van der Waals surface area (Å²) in [5, 5.41) is 9.31. The van der Waals surface area contributed by atoms with E-state index in [4.69, 9.17) is 4.74 Å². The lowest BCUT2D eigenvalue weighted by molar-refractivity contribution is -0.274. The minimum atomic E-state index is -4.73. The molecule has 3 aromatic rings. The summed E-state index contributed by atoms with van der Waals surface area (Å²) < 4.78 is 62.1. The molecule has 6 nitrogen and oxygen atoms in total. The molecule has 2 heterocycles. The predicted octanol–water partition coefficient (Wildman–Crippen LogP) is 5.17. The molecule has 0 amide bonds. The SMILES string of the molecule is CC(Sc1nnc(-c2ccc(F)cc2)n1CCN1CCOCC1)c1ccc(OC(F)(F)F)cc1. The van der Waals surface area contributed by atoms with Crippen LogP contribution < -0.4 is 4.74 Å². The summed E-state index contributed by atoms with van der Waals surface area (Å²) in [5.41, 5.74) is 1.58. The molecule has 1 aliphatic heterocycles. The van der Waals surface area contributed by atoms with Crippen LogP contribution in [-0.4, -0.2) is 58.9 Å². The van der Waals surface area contributed by atoms with E-state index in [-0.39, 0.29) is 16.8 Å². The van der Waals surface area contributed by atoms with E-state index in [1.807, 2.05) is 11.5 Å². The number of benzene rings is 2. The number of hydrogen-bond donors (Lipinski definition) is 0. The first-order valence-electron chi connectivity index (χ1n) is 10.8. The van der Waals surface area contributed by atoms with Crippen molar-refractivity contribution in [1.82, 2.24) is 19.7 Å². The standard InChI is InChI=1S/C23H24F4N4O2S/c1-16(17-4-8-20(9-5-17)33-23(25,26)27)34-22-29-28-21(18-2-6-19(24)7-3-18)31(22)11-10-30-12-14-32-15-13-30/h2-9,16H,10-15H2,1H3. The van der Waals surface area contributed by atoms with Crippen molar-refractivity contribution < 1.29 is 27.0 Å². The van der Waals surface area contributed by atoms with E-state index >= 15 is 0 Å². The number of hydrogen-bond acceptors (Lipinski definition) is 6. The van der Waals surface area contributed by atoms with Gasteiger partial charge in [-0.1, -0.05) is 23.9 Å². The smallest absolute Gasteiger partial charge is 0.406 e. The van der Waals surface area contributed by atoms with E-state index in [0.717, 1.165) is 30.8 Å². The van der Waals surface area contributed by atoms with E-state index in [0.29, 0.717) is 30.7 Å². The number of aromatic nitrogens is 3. The molecule has 1 unspecified atom stereocenters. The maximum atomic E-state index is 13.4. The molecule has 0 spiro atoms. The van der Waals surface area contributed by atoms with Gasteiger partial charge in [0.1, 0.15) is 11.6 Å². The van der Waals surface area contributed by atoms with Crippen molar-refractivity contribution in [3.8, 4) is 17.1 Å². The molecule has 0 saturated carbocycles. The molecule has 182 valence electrons. The highest BCUT2D eigenvalue weighted by atomic mass is 32.2. The monoisotopic (exact) mass is 496 g/mol. The molecule has 0 N–H and O–H groups in total. The molecular weight excluding hydrogens is 472 g/mol. The van der Waals surface area contributed by atoms with Crippen molar-refractivity contribution in [2.45, 2.75) is 30.2 Å². The Kier molecular flexibility index (Phi) is 7.74. The van der Waals surface area contributed by atoms with Crippen molar-refractivity contribution in [3.05, 3.63) is 59.9 Å². The Bertz CT molecular complexity index is 1070. The molecular formula is C23H24F4N4O2S. The summed E-state index contributed by atoms with van der Waals surface area (Å²) in [7, 11) is 0. The van der Waals surface area contributed by atoms with Crippen molar-refractivity contribution in [2.75, 3.05) is 32.8 Å². The average Bonchev–Trinajstić information content (AvgIpc) is 3.20. The van der Waals surface area contributed by atoms with Crippen LogP contribution in [0.15, 0.2) is 53.7 Å². The fourth-order valence-electron chi connectivity index (χ4n) is 3.62. The van der Waals surface area contributed by atoms with Crippen molar-refractivity contribution in [2.24, 2.45) is 0 Å². The van der Waals surface area contributed by atoms with Gasteiger partial charge in [0, 0.05) is 37.0 Å². The molecule has 34 heavy (non-hydrogen) atoms. The fourth-order valence-corrected chi connectivity index (χ4v) is 4.63. The van der Waals surface area contributed by atoms with Crippen molar-refractivity contribution >= 4 is 11.8 Å². The summed E-state index contributed by atoms with van der Waals surface area (Å²) in [6.07, 6.45) is -4.73. The Labute approximate surface area is 198 Å². The third-order valence-electron chi connectivity index (χ3n) is 5.43. The molecule has 1 saturated heterocycles. The lowest BCUT2D eigenvalue weighted by Crippen LogP contribution is -2.38. The van der Waals surface area contributed by atoms with Gasteiger partial charge in [0.25, 0.3) is 0 Å². The first-order valence-corrected chi connectivity index (χ1v) is 11.7. The second-order valence-corrected chi connectivity index (χ2v) is 9.10. The van der Waals surface area contributed by atoms with Gasteiger partial charge in [-0.15, -0.1) is 23.4 Å². The summed E-state index contributed by atoms with van der Waals surface area (Å²) in [4.78, 5) is 2.30. The second-order valence-electron chi connectivity index (χ2n) is 7.80. The maximum absolute atomic E-state index is 13.4. The topological polar surface area (TPSA) is 52.4 Å². The number of halogens is 4. The van der Waals surface area contributed by atoms with Crippen LogP contribution in [0.4, 0.5) is 17.6 Å². The van der Waals surface area contributed by atoms with Gasteiger partial charge in [0.05, 0.1) is 13.2 Å². The lowest BCUT2D eigenvalue weighted by Gasteiger charge is -2.27. The normalized spacial score (nSPS) is 15.9. The van der Waals surface area contributed by atoms with Crippen LogP contribution in [0.5, 0.6) is 5.75 Å². The van der Waals surface area contributed by atoms with Crippen LogP contribution in [0, 0.1) is 5.82 Å². The average molecular weight is 497 g/mol. The number of ether oxygens (including phenoxy) is 2. The number of alkyl halides is 3. The molecule has 0 aliphatic carbocycles. The maximum Gasteiger partial charge on any atom is 0.573 e. The number of thioether (sulfide) groups is 1. The Morgan fingerprint density at radius 1 is 1.00 bits per heavy atom. The van der Waals surface area contributed by atoms with Gasteiger partial charge in [-0.25, -0.2) is 4.39 Å². The Morgan fingerprint density at radius 2 is 1.68 bits per heavy atom. The summed E-state index contributed by atoms with van der Waals surface area (Å²) in [6, 6.07) is 11.9. The molecule has 4 rings (SSSR count). The van der Waals surface area contributed by atoms with Crippen molar-refractivity contribution in [1.29, 1.82) is 0 Å². The van der Waals surface area contributed by atoms with Gasteiger partial charge in [-0.05, 0) is 48.9 Å². The van der Waals surface area contributed by atoms with Crippen LogP contribution in [-0.2, 0) is 11.3 Å². The predicted molar refractivity (Wildman–Crippen MR) is 120 cm³/mol. The van der Waals surface area contributed by atoms with Gasteiger partial charge >= 0.3 is 6.36 Å². The van der Waals surface area contributed by atoms with Gasteiger partial charge in [-0.3, -0.25) is 4.90 Å². The van der Waals surface area contributed by atoms with Crippen LogP contribution in [0.2, 0.25) is 0 Å². The third-order valence-corrected chi connectivity index (χ3v) is 6.57. The molecule has 1 aliphatic rings. The number of morpholine rings is 1. The fraction of sp³-hybridized carbons (Fsp3) is 0.391. The minimum Gasteiger partial charge on any atom is -0.406 e. The number of nitrogens with zero attached hydrogens (tertiary/aromatic N) is 4. The highest BCUT2D eigenvalue weighted by Gasteiger charge is 2.31. The molecule has 1 fully saturated rings. The first-order chi connectivity index (χ1) is 16.3. The van der Waals surface area contributed by atoms with E-state index in [1.165, 1.54) is 36.0 Å². The van der Waals surface area contributed by atoms with E-state index in [9.17, 15) is 17.6 Å². The lowest BCUT2D eigenvalue weighted by atomic mass is 10.2. The van der Waals surface area contributed by atoms with Gasteiger partial charge in [0.2, 0.25) is 0 Å². The van der Waals surface area contributed by atoms with Gasteiger partial charge in [0.15, 0.2) is 11.0 Å². The highest BCUT2D eigenvalue weighted by Crippen LogP contribution is 2.36. The summed E-state index contributed by atoms with van der Waals surface area (Å²) in [6.45, 7) is 6.44. The third kappa shape index (κ3) is 6.49. The Morgan fingerprint density at radius 3 is 2.32 bits per heavy atom. The molecule has 0 radical (unpaired) electrons. The molecule has 1 atom stereocenters. The van der Waals surface area contributed by atoms with Gasteiger partial charge in [-0.2, -0.15) is 0 Å². The zero-order valence-corrected chi connectivity index (χ0v) is 19.3. The van der Waals surface area contributed by atoms with Crippen LogP contribution >= 0.6 is 11.8 Å². The molecule has 2 aromatic carbocycles. The van der Waals surface area contributed by atoms with E-state index in [1.54, 1.807) is 24.3 Å². The zero-order chi connectivity index (χ0) is 24.1. The largest absolute Gasteiger partial charge is 0.573 e. The van der Waals surface area contributed by atoms with Gasteiger partial charge < -0.3 is 14.0 Å². The Balaban J connectivity index is 1.53. The molecule has 1 aromatic heterocycles. The van der Waals surface area contributed by atoms with E-state index < -0.39 is 6.36 Å². The molecule has 11 heteroatoms. The summed E-state index contributed by atoms with van der Waals surface area (Å²) >= 11 is 1.46. The Hall–Kier alpha value is -2.63. The minimum absolute atomic E-state index is 0.104. The van der Waals surface area contributed by atoms with Crippen molar-refractivity contribution in [3.63, 3.8) is 0 Å². The number of rotatable bonds is 8. The summed E-state index contributed by atoms with van der Waals surface area (Å²) in [5.74, 6) is 0.0434. The zero-order valence-electron chi connectivity index (χ0n) is 18.5. The first kappa shape index (κ1) is 24.5. The highest BCUT2D eigenvalue weighted by molar-refractivity contribution is 7.99. The van der Waals surface area contributed by atoms with Crippen LogP contribution in [0.3, 0.4) is 0 Å². The van der Waals surface area contributed by atoms with Crippen LogP contribution in [0.25, 0.3) is 11.4 Å². The van der Waals surface area contributed by atoms with E-state index in [2.05, 4.69) is 19.8 Å². The van der Waals surface area contributed by atoms with Crippen LogP contribution in [0.1, 0.15) is 17.7 Å². The quantitative estimate of drug-likeness (QED) is 0.317.